The maximum atomic E-state index is 10.9. The summed E-state index contributed by atoms with van der Waals surface area (Å²) in [5, 5.41) is 13.2. The third-order valence-electron chi connectivity index (χ3n) is 4.87. The highest BCUT2D eigenvalue weighted by Crippen LogP contribution is 2.21. The lowest BCUT2D eigenvalue weighted by atomic mass is 10.0. The Labute approximate surface area is 182 Å². The van der Waals surface area contributed by atoms with Crippen LogP contribution >= 0.6 is 0 Å². The monoisotopic (exact) mass is 417 g/mol. The highest BCUT2D eigenvalue weighted by molar-refractivity contribution is 6.00. The fourth-order valence-electron chi connectivity index (χ4n) is 3.20. The van der Waals surface area contributed by atoms with Crippen LogP contribution in [0.3, 0.4) is 0 Å². The van der Waals surface area contributed by atoms with Crippen LogP contribution in [0, 0.1) is 6.92 Å². The van der Waals surface area contributed by atoms with Gasteiger partial charge in [0, 0.05) is 0 Å². The van der Waals surface area contributed by atoms with Crippen LogP contribution in [0.25, 0.3) is 11.1 Å². The third-order valence-corrected chi connectivity index (χ3v) is 4.87. The van der Waals surface area contributed by atoms with E-state index >= 15 is 0 Å². The number of carbonyl (C=O) groups is 1. The van der Waals surface area contributed by atoms with Crippen molar-refractivity contribution in [2.45, 2.75) is 26.7 Å². The average molecular weight is 418 g/mol. The molecule has 3 rings (SSSR count). The van der Waals surface area contributed by atoms with Crippen molar-refractivity contribution in [2.75, 3.05) is 13.2 Å². The molecule has 1 N–H and O–H groups in total. The van der Waals surface area contributed by atoms with Crippen LogP contribution in [0.2, 0.25) is 0 Å². The minimum Gasteiger partial charge on any atom is -0.490 e. The Kier molecular flexibility index (Phi) is 7.82. The van der Waals surface area contributed by atoms with Crippen LogP contribution in [0.4, 0.5) is 0 Å². The Bertz CT molecular complexity index is 1030. The molecule has 0 amide bonds. The van der Waals surface area contributed by atoms with Crippen molar-refractivity contribution < 1.29 is 19.5 Å². The van der Waals surface area contributed by atoms with Crippen molar-refractivity contribution in [3.63, 3.8) is 0 Å². The van der Waals surface area contributed by atoms with E-state index in [4.69, 9.17) is 14.7 Å². The van der Waals surface area contributed by atoms with Gasteiger partial charge in [-0.15, -0.1) is 0 Å². The van der Waals surface area contributed by atoms with E-state index in [1.54, 1.807) is 12.1 Å². The Morgan fingerprint density at radius 1 is 0.935 bits per heavy atom. The van der Waals surface area contributed by atoms with Gasteiger partial charge in [-0.3, -0.25) is 4.79 Å². The molecule has 160 valence electrons. The first kappa shape index (κ1) is 22.1. The van der Waals surface area contributed by atoms with Gasteiger partial charge in [-0.25, -0.2) is 0 Å². The maximum absolute atomic E-state index is 10.9. The van der Waals surface area contributed by atoms with E-state index in [0.717, 1.165) is 28.8 Å². The molecule has 0 fully saturated rings. The van der Waals surface area contributed by atoms with E-state index in [1.165, 1.54) is 5.56 Å². The van der Waals surface area contributed by atoms with Gasteiger partial charge in [0.05, 0.1) is 12.1 Å². The van der Waals surface area contributed by atoms with Crippen molar-refractivity contribution in [2.24, 2.45) is 5.16 Å². The Balaban J connectivity index is 1.54. The molecule has 0 spiro atoms. The summed E-state index contributed by atoms with van der Waals surface area (Å²) in [6.45, 7) is 4.59. The number of carboxylic acid groups (broad SMARTS) is 1. The second-order valence-electron chi connectivity index (χ2n) is 7.19. The van der Waals surface area contributed by atoms with Gasteiger partial charge in [0.1, 0.15) is 12.4 Å². The second kappa shape index (κ2) is 11.0. The van der Waals surface area contributed by atoms with Crippen LogP contribution in [-0.4, -0.2) is 30.0 Å². The van der Waals surface area contributed by atoms with Gasteiger partial charge in [-0.1, -0.05) is 78.8 Å². The summed E-state index contributed by atoms with van der Waals surface area (Å²) < 4.78 is 5.76. The number of rotatable bonds is 10. The number of hydrogen-bond acceptors (Lipinski definition) is 4. The first-order valence-corrected chi connectivity index (χ1v) is 10.4. The number of nitrogens with zero attached hydrogens (tertiary/aromatic N) is 1. The zero-order valence-electron chi connectivity index (χ0n) is 17.9. The van der Waals surface area contributed by atoms with E-state index in [2.05, 4.69) is 41.6 Å². The molecule has 3 aromatic rings. The third kappa shape index (κ3) is 6.44. The van der Waals surface area contributed by atoms with Gasteiger partial charge in [0.2, 0.25) is 0 Å². The zero-order valence-corrected chi connectivity index (χ0v) is 17.9. The van der Waals surface area contributed by atoms with Gasteiger partial charge in [0.25, 0.3) is 0 Å². The van der Waals surface area contributed by atoms with E-state index in [1.807, 2.05) is 38.1 Å². The normalized spacial score (nSPS) is 11.2. The van der Waals surface area contributed by atoms with Crippen molar-refractivity contribution in [1.82, 2.24) is 0 Å². The fourth-order valence-corrected chi connectivity index (χ4v) is 3.20. The van der Waals surface area contributed by atoms with Gasteiger partial charge >= 0.3 is 5.97 Å². The summed E-state index contributed by atoms with van der Waals surface area (Å²) in [5.74, 6) is -0.199. The first-order valence-electron chi connectivity index (χ1n) is 10.4. The number of benzene rings is 3. The van der Waals surface area contributed by atoms with E-state index in [-0.39, 0.29) is 6.42 Å². The Hall–Kier alpha value is -3.60. The van der Waals surface area contributed by atoms with Gasteiger partial charge in [-0.2, -0.15) is 0 Å². The molecule has 5 heteroatoms. The SMILES string of the molecule is CC/C(=N\OCCOc1cc(CC(=O)O)ccc1C)c1ccc(-c2ccccc2)cc1. The minimum atomic E-state index is -0.864. The molecule has 0 saturated heterocycles. The lowest BCUT2D eigenvalue weighted by Crippen LogP contribution is -2.08. The number of hydrogen-bond donors (Lipinski definition) is 1. The summed E-state index contributed by atoms with van der Waals surface area (Å²) in [6.07, 6.45) is 0.724. The lowest BCUT2D eigenvalue weighted by molar-refractivity contribution is -0.136. The molecule has 0 heterocycles. The van der Waals surface area contributed by atoms with Crippen LogP contribution < -0.4 is 4.74 Å². The van der Waals surface area contributed by atoms with Crippen molar-refractivity contribution in [3.05, 3.63) is 89.5 Å². The number of aryl methyl sites for hydroxylation is 1. The van der Waals surface area contributed by atoms with Crippen molar-refractivity contribution >= 4 is 11.7 Å². The summed E-state index contributed by atoms with van der Waals surface area (Å²) in [6, 6.07) is 24.0. The molecular formula is C26H27NO4. The molecule has 0 bridgehead atoms. The lowest BCUT2D eigenvalue weighted by Gasteiger charge is -2.10. The van der Waals surface area contributed by atoms with Gasteiger partial charge in [-0.05, 0) is 47.2 Å². The molecule has 0 atom stereocenters. The predicted molar refractivity (Wildman–Crippen MR) is 123 cm³/mol. The fraction of sp³-hybridized carbons (Fsp3) is 0.231. The molecule has 0 saturated carbocycles. The molecule has 0 radical (unpaired) electrons. The van der Waals surface area contributed by atoms with Crippen molar-refractivity contribution in [1.29, 1.82) is 0 Å². The quantitative estimate of drug-likeness (QED) is 0.269. The van der Waals surface area contributed by atoms with E-state index in [9.17, 15) is 4.79 Å². The van der Waals surface area contributed by atoms with E-state index < -0.39 is 5.97 Å². The predicted octanol–water partition coefficient (Wildman–Crippen LogP) is 5.50. The minimum absolute atomic E-state index is 0.0274. The Morgan fingerprint density at radius 2 is 1.65 bits per heavy atom. The molecule has 0 aromatic heterocycles. The summed E-state index contributed by atoms with van der Waals surface area (Å²) in [4.78, 5) is 16.4. The topological polar surface area (TPSA) is 68.1 Å². The van der Waals surface area contributed by atoms with Crippen LogP contribution in [0.5, 0.6) is 5.75 Å². The van der Waals surface area contributed by atoms with Crippen LogP contribution in [-0.2, 0) is 16.1 Å². The highest BCUT2D eigenvalue weighted by Gasteiger charge is 2.06. The van der Waals surface area contributed by atoms with Gasteiger partial charge < -0.3 is 14.7 Å². The highest BCUT2D eigenvalue weighted by atomic mass is 16.6. The molecular weight excluding hydrogens is 390 g/mol. The molecule has 31 heavy (non-hydrogen) atoms. The van der Waals surface area contributed by atoms with Crippen molar-refractivity contribution in [3.8, 4) is 16.9 Å². The van der Waals surface area contributed by atoms with Gasteiger partial charge in [0.15, 0.2) is 6.61 Å². The molecule has 3 aromatic carbocycles. The average Bonchev–Trinajstić information content (AvgIpc) is 2.78. The second-order valence-corrected chi connectivity index (χ2v) is 7.19. The number of oxime groups is 1. The zero-order chi connectivity index (χ0) is 22.1. The molecule has 0 aliphatic carbocycles. The number of carboxylic acids is 1. The standard InChI is InChI=1S/C26H27NO4/c1-3-24(23-13-11-22(12-14-23)21-7-5-4-6-8-21)27-31-16-15-30-25-17-20(18-26(28)29)10-9-19(25)2/h4-14,17H,3,15-16,18H2,1-2H3,(H,28,29)/b27-24+. The summed E-state index contributed by atoms with van der Waals surface area (Å²) >= 11 is 0. The first-order chi connectivity index (χ1) is 15.1. The summed E-state index contributed by atoms with van der Waals surface area (Å²) in [7, 11) is 0. The summed E-state index contributed by atoms with van der Waals surface area (Å²) in [5.41, 5.74) is 5.90. The number of aliphatic carboxylic acids is 1. The largest absolute Gasteiger partial charge is 0.490 e. The molecule has 0 aliphatic rings. The molecule has 5 nitrogen and oxygen atoms in total. The molecule has 0 unspecified atom stereocenters. The smallest absolute Gasteiger partial charge is 0.307 e. The maximum Gasteiger partial charge on any atom is 0.307 e. The van der Waals surface area contributed by atoms with Crippen LogP contribution in [0.15, 0.2) is 78.0 Å². The van der Waals surface area contributed by atoms with E-state index in [0.29, 0.717) is 24.5 Å². The number of ether oxygens (including phenoxy) is 1. The van der Waals surface area contributed by atoms with Crippen LogP contribution in [0.1, 0.15) is 30.0 Å². The molecule has 0 aliphatic heterocycles. The Morgan fingerprint density at radius 3 is 2.32 bits per heavy atom.